The fourth-order valence-electron chi connectivity index (χ4n) is 3.84. The number of aromatic nitrogens is 2. The van der Waals surface area contributed by atoms with Gasteiger partial charge in [-0.15, -0.1) is 0 Å². The highest BCUT2D eigenvalue weighted by Gasteiger charge is 2.30. The molecule has 2 atom stereocenters. The summed E-state index contributed by atoms with van der Waals surface area (Å²) in [5.74, 6) is 2.17. The summed E-state index contributed by atoms with van der Waals surface area (Å²) in [5, 5.41) is 3.44. The molecule has 0 aliphatic carbocycles. The fourth-order valence-corrected chi connectivity index (χ4v) is 4.23. The summed E-state index contributed by atoms with van der Waals surface area (Å²) in [5.41, 5.74) is 3.09. The molecule has 1 aromatic carbocycles. The van der Waals surface area contributed by atoms with Crippen LogP contribution in [0.2, 0.25) is 0 Å². The lowest BCUT2D eigenvalue weighted by Crippen LogP contribution is -2.34. The SMILES string of the molecule is CN(C)CC1CNc2nc3ccc4c(c3n2C1)CC(COS(C)(=O)=O)O4. The Bertz CT molecular complexity index is 938. The van der Waals surface area contributed by atoms with Crippen LogP contribution in [0, 0.1) is 5.92 Å². The van der Waals surface area contributed by atoms with Gasteiger partial charge in [0.2, 0.25) is 5.95 Å². The van der Waals surface area contributed by atoms with Crippen LogP contribution in [0.3, 0.4) is 0 Å². The van der Waals surface area contributed by atoms with Crippen molar-refractivity contribution in [2.75, 3.05) is 45.4 Å². The van der Waals surface area contributed by atoms with Crippen molar-refractivity contribution in [2.45, 2.75) is 19.1 Å². The molecular formula is C17H24N4O4S. The van der Waals surface area contributed by atoms with Gasteiger partial charge < -0.3 is 19.5 Å². The van der Waals surface area contributed by atoms with Gasteiger partial charge in [0.25, 0.3) is 10.1 Å². The second-order valence-electron chi connectivity index (χ2n) is 7.40. The smallest absolute Gasteiger partial charge is 0.264 e. The third-order valence-corrected chi connectivity index (χ3v) is 5.34. The summed E-state index contributed by atoms with van der Waals surface area (Å²) >= 11 is 0. The standard InChI is InChI=1S/C17H24N4O4S/c1-20(2)8-11-7-18-17-19-14-4-5-15-13(16(14)21(17)9-11)6-12(25-15)10-24-26(3,22)23/h4-5,11-12H,6-10H2,1-3H3,(H,18,19). The van der Waals surface area contributed by atoms with E-state index in [9.17, 15) is 8.42 Å². The van der Waals surface area contributed by atoms with Crippen molar-refractivity contribution in [3.05, 3.63) is 17.7 Å². The molecule has 26 heavy (non-hydrogen) atoms. The van der Waals surface area contributed by atoms with Crippen molar-refractivity contribution < 1.29 is 17.3 Å². The van der Waals surface area contributed by atoms with Crippen LogP contribution in [0.4, 0.5) is 5.95 Å². The summed E-state index contributed by atoms with van der Waals surface area (Å²) < 4.78 is 35.5. The number of nitrogens with zero attached hydrogens (tertiary/aromatic N) is 3. The predicted molar refractivity (Wildman–Crippen MR) is 99.2 cm³/mol. The van der Waals surface area contributed by atoms with Crippen molar-refractivity contribution >= 4 is 27.1 Å². The van der Waals surface area contributed by atoms with Gasteiger partial charge in [-0.2, -0.15) is 8.42 Å². The van der Waals surface area contributed by atoms with E-state index in [0.717, 1.165) is 54.2 Å². The van der Waals surface area contributed by atoms with Gasteiger partial charge in [0, 0.05) is 37.5 Å². The highest BCUT2D eigenvalue weighted by atomic mass is 32.2. The topological polar surface area (TPSA) is 85.7 Å². The molecule has 4 rings (SSSR count). The van der Waals surface area contributed by atoms with Crippen LogP contribution in [0.5, 0.6) is 5.75 Å². The molecule has 0 bridgehead atoms. The number of nitrogens with one attached hydrogen (secondary N) is 1. The van der Waals surface area contributed by atoms with Crippen LogP contribution in [0.1, 0.15) is 5.56 Å². The van der Waals surface area contributed by atoms with Gasteiger partial charge in [-0.1, -0.05) is 0 Å². The first-order chi connectivity index (χ1) is 12.3. The lowest BCUT2D eigenvalue weighted by molar-refractivity contribution is 0.153. The van der Waals surface area contributed by atoms with Crippen LogP contribution in [0.15, 0.2) is 12.1 Å². The first-order valence-electron chi connectivity index (χ1n) is 8.72. The van der Waals surface area contributed by atoms with Crippen molar-refractivity contribution in [3.63, 3.8) is 0 Å². The molecule has 2 unspecified atom stereocenters. The lowest BCUT2D eigenvalue weighted by atomic mass is 10.1. The maximum Gasteiger partial charge on any atom is 0.264 e. The van der Waals surface area contributed by atoms with Crippen molar-refractivity contribution in [1.82, 2.24) is 14.5 Å². The van der Waals surface area contributed by atoms with Crippen LogP contribution < -0.4 is 10.1 Å². The summed E-state index contributed by atoms with van der Waals surface area (Å²) in [6.45, 7) is 2.84. The quantitative estimate of drug-likeness (QED) is 0.772. The molecule has 0 radical (unpaired) electrons. The average Bonchev–Trinajstić information content (AvgIpc) is 3.11. The van der Waals surface area contributed by atoms with E-state index in [4.69, 9.17) is 13.9 Å². The van der Waals surface area contributed by atoms with Gasteiger partial charge >= 0.3 is 0 Å². The Kier molecular flexibility index (Phi) is 4.32. The van der Waals surface area contributed by atoms with Crippen molar-refractivity contribution in [3.8, 4) is 5.75 Å². The molecule has 3 heterocycles. The third kappa shape index (κ3) is 3.38. The lowest BCUT2D eigenvalue weighted by Gasteiger charge is -2.27. The zero-order chi connectivity index (χ0) is 18.5. The molecule has 8 nitrogen and oxygen atoms in total. The van der Waals surface area contributed by atoms with E-state index in [2.05, 4.69) is 28.9 Å². The van der Waals surface area contributed by atoms with Crippen LogP contribution >= 0.6 is 0 Å². The van der Waals surface area contributed by atoms with Crippen LogP contribution in [-0.4, -0.2) is 69.0 Å². The highest BCUT2D eigenvalue weighted by molar-refractivity contribution is 7.85. The molecule has 1 N–H and O–H groups in total. The Morgan fingerprint density at radius 2 is 2.23 bits per heavy atom. The molecular weight excluding hydrogens is 356 g/mol. The fraction of sp³-hybridized carbons (Fsp3) is 0.588. The van der Waals surface area contributed by atoms with Crippen LogP contribution in [0.25, 0.3) is 11.0 Å². The monoisotopic (exact) mass is 380 g/mol. The van der Waals surface area contributed by atoms with E-state index < -0.39 is 10.1 Å². The van der Waals surface area contributed by atoms with E-state index in [1.807, 2.05) is 12.1 Å². The van der Waals surface area contributed by atoms with Gasteiger partial charge in [0.05, 0.1) is 17.3 Å². The van der Waals surface area contributed by atoms with E-state index >= 15 is 0 Å². The minimum atomic E-state index is -3.48. The summed E-state index contributed by atoms with van der Waals surface area (Å²) in [6, 6.07) is 3.87. The first-order valence-corrected chi connectivity index (χ1v) is 10.5. The number of anilines is 1. The molecule has 2 aromatic rings. The summed E-state index contributed by atoms with van der Waals surface area (Å²) in [6.07, 6.45) is 1.37. The zero-order valence-electron chi connectivity index (χ0n) is 15.2. The molecule has 0 saturated carbocycles. The molecule has 0 spiro atoms. The Morgan fingerprint density at radius 3 is 2.96 bits per heavy atom. The van der Waals surface area contributed by atoms with E-state index in [1.165, 1.54) is 0 Å². The van der Waals surface area contributed by atoms with Crippen molar-refractivity contribution in [2.24, 2.45) is 5.92 Å². The maximum absolute atomic E-state index is 11.2. The van der Waals surface area contributed by atoms with Gasteiger partial charge in [0.15, 0.2) is 0 Å². The second-order valence-corrected chi connectivity index (χ2v) is 9.04. The minimum absolute atomic E-state index is 0.0253. The van der Waals surface area contributed by atoms with E-state index in [-0.39, 0.29) is 12.7 Å². The second kappa shape index (κ2) is 6.40. The Hall–Kier alpha value is -1.84. The van der Waals surface area contributed by atoms with E-state index in [1.54, 1.807) is 0 Å². The molecule has 0 saturated heterocycles. The van der Waals surface area contributed by atoms with Crippen molar-refractivity contribution in [1.29, 1.82) is 0 Å². The third-order valence-electron chi connectivity index (χ3n) is 4.78. The summed E-state index contributed by atoms with van der Waals surface area (Å²) in [7, 11) is 0.690. The Balaban J connectivity index is 1.63. The maximum atomic E-state index is 11.2. The number of hydrogen-bond acceptors (Lipinski definition) is 7. The number of hydrogen-bond donors (Lipinski definition) is 1. The normalized spacial score (nSPS) is 22.2. The van der Waals surface area contributed by atoms with E-state index in [0.29, 0.717) is 12.3 Å². The largest absolute Gasteiger partial charge is 0.487 e. The molecule has 0 fully saturated rings. The van der Waals surface area contributed by atoms with Gasteiger partial charge in [-0.3, -0.25) is 4.18 Å². The first kappa shape index (κ1) is 17.6. The molecule has 1 aromatic heterocycles. The van der Waals surface area contributed by atoms with Gasteiger partial charge in [0.1, 0.15) is 18.5 Å². The molecule has 2 aliphatic heterocycles. The summed E-state index contributed by atoms with van der Waals surface area (Å²) in [4.78, 5) is 6.91. The number of ether oxygens (including phenoxy) is 1. The molecule has 9 heteroatoms. The number of imidazole rings is 1. The molecule has 2 aliphatic rings. The number of fused-ring (bicyclic) bond motifs is 5. The Morgan fingerprint density at radius 1 is 1.42 bits per heavy atom. The van der Waals surface area contributed by atoms with Crippen LogP contribution in [-0.2, 0) is 27.3 Å². The Labute approximate surface area is 153 Å². The average molecular weight is 380 g/mol. The highest BCUT2D eigenvalue weighted by Crippen LogP contribution is 2.37. The predicted octanol–water partition coefficient (Wildman–Crippen LogP) is 0.919. The molecule has 142 valence electrons. The minimum Gasteiger partial charge on any atom is -0.487 e. The molecule has 0 amide bonds. The number of rotatable bonds is 5. The van der Waals surface area contributed by atoms with Gasteiger partial charge in [-0.25, -0.2) is 4.98 Å². The zero-order valence-corrected chi connectivity index (χ0v) is 16.0. The van der Waals surface area contributed by atoms with Gasteiger partial charge in [-0.05, 0) is 26.2 Å². The number of benzene rings is 1.